The van der Waals surface area contributed by atoms with Crippen molar-refractivity contribution in [3.05, 3.63) is 30.3 Å². The van der Waals surface area contributed by atoms with E-state index < -0.39 is 6.04 Å². The minimum Gasteiger partial charge on any atom is -0.378 e. The van der Waals surface area contributed by atoms with Crippen LogP contribution in [0.5, 0.6) is 0 Å². The number of morpholine rings is 1. The number of hydrogen-bond acceptors (Lipinski definition) is 3. The van der Waals surface area contributed by atoms with E-state index in [1.54, 1.807) is 16.7 Å². The Balaban J connectivity index is 2.19. The van der Waals surface area contributed by atoms with Crippen LogP contribution in [0.3, 0.4) is 0 Å². The fraction of sp³-hybridized carbons (Fsp3) is 0.500. The molecule has 1 unspecified atom stereocenters. The van der Waals surface area contributed by atoms with Crippen molar-refractivity contribution in [1.82, 2.24) is 4.90 Å². The van der Waals surface area contributed by atoms with Crippen LogP contribution in [0.1, 0.15) is 20.3 Å². The first-order valence-electron chi connectivity index (χ1n) is 7.38. The third kappa shape index (κ3) is 3.61. The fourth-order valence-corrected chi connectivity index (χ4v) is 2.50. The zero-order valence-electron chi connectivity index (χ0n) is 12.6. The van der Waals surface area contributed by atoms with Crippen molar-refractivity contribution in [3.8, 4) is 0 Å². The van der Waals surface area contributed by atoms with Gasteiger partial charge in [-0.15, -0.1) is 0 Å². The van der Waals surface area contributed by atoms with E-state index in [0.717, 1.165) is 5.69 Å². The van der Waals surface area contributed by atoms with Crippen LogP contribution < -0.4 is 4.90 Å². The van der Waals surface area contributed by atoms with Gasteiger partial charge in [-0.3, -0.25) is 9.59 Å². The molecule has 5 nitrogen and oxygen atoms in total. The molecule has 114 valence electrons. The van der Waals surface area contributed by atoms with Crippen LogP contribution in [0.4, 0.5) is 5.69 Å². The molecule has 21 heavy (non-hydrogen) atoms. The van der Waals surface area contributed by atoms with Crippen molar-refractivity contribution >= 4 is 17.5 Å². The fourth-order valence-electron chi connectivity index (χ4n) is 2.50. The molecule has 1 saturated heterocycles. The molecule has 0 saturated carbocycles. The van der Waals surface area contributed by atoms with Crippen LogP contribution in [0.15, 0.2) is 30.3 Å². The molecule has 1 aromatic rings. The molecule has 1 heterocycles. The van der Waals surface area contributed by atoms with Crippen LogP contribution in [-0.2, 0) is 14.3 Å². The van der Waals surface area contributed by atoms with Gasteiger partial charge >= 0.3 is 0 Å². The maximum atomic E-state index is 12.6. The molecule has 1 aliphatic rings. The number of carbonyl (C=O) groups is 2. The number of para-hydroxylation sites is 1. The predicted molar refractivity (Wildman–Crippen MR) is 81.1 cm³/mol. The Morgan fingerprint density at radius 3 is 2.43 bits per heavy atom. The van der Waals surface area contributed by atoms with Gasteiger partial charge in [0.15, 0.2) is 0 Å². The summed E-state index contributed by atoms with van der Waals surface area (Å²) in [6.45, 7) is 5.90. The van der Waals surface area contributed by atoms with Crippen molar-refractivity contribution in [2.24, 2.45) is 0 Å². The molecule has 0 aromatic heterocycles. The van der Waals surface area contributed by atoms with E-state index in [0.29, 0.717) is 32.7 Å². The average molecular weight is 290 g/mol. The summed E-state index contributed by atoms with van der Waals surface area (Å²) < 4.78 is 5.27. The summed E-state index contributed by atoms with van der Waals surface area (Å²) in [5, 5.41) is 0. The van der Waals surface area contributed by atoms with Gasteiger partial charge in [0.1, 0.15) is 6.04 Å². The molecule has 1 fully saturated rings. The number of nitrogens with zero attached hydrogens (tertiary/aromatic N) is 2. The van der Waals surface area contributed by atoms with E-state index in [1.807, 2.05) is 37.3 Å². The lowest BCUT2D eigenvalue weighted by Gasteiger charge is -2.34. The Hall–Kier alpha value is -1.88. The minimum atomic E-state index is -0.502. The van der Waals surface area contributed by atoms with Gasteiger partial charge in [-0.2, -0.15) is 0 Å². The van der Waals surface area contributed by atoms with Gasteiger partial charge in [-0.1, -0.05) is 25.1 Å². The van der Waals surface area contributed by atoms with Gasteiger partial charge in [0.25, 0.3) is 0 Å². The second-order valence-electron chi connectivity index (χ2n) is 5.07. The number of ether oxygens (including phenoxy) is 1. The lowest BCUT2D eigenvalue weighted by molar-refractivity contribution is -0.137. The molecule has 0 N–H and O–H groups in total. The monoisotopic (exact) mass is 290 g/mol. The summed E-state index contributed by atoms with van der Waals surface area (Å²) >= 11 is 0. The highest BCUT2D eigenvalue weighted by molar-refractivity contribution is 6.00. The molecule has 0 spiro atoms. The number of amides is 2. The molecular formula is C16H22N2O3. The van der Waals surface area contributed by atoms with Crippen molar-refractivity contribution in [2.75, 3.05) is 31.2 Å². The van der Waals surface area contributed by atoms with E-state index >= 15 is 0 Å². The molecule has 1 atom stereocenters. The maximum Gasteiger partial charge on any atom is 0.245 e. The topological polar surface area (TPSA) is 49.9 Å². The molecule has 1 aromatic carbocycles. The standard InChI is InChI=1S/C16H22N2O3/c1-3-15(19)18(14-7-5-4-6-8-14)13(2)16(20)17-9-11-21-12-10-17/h4-8,13H,3,9-12H2,1-2H3. The van der Waals surface area contributed by atoms with Gasteiger partial charge < -0.3 is 14.5 Å². The number of hydrogen-bond donors (Lipinski definition) is 0. The Labute approximate surface area is 125 Å². The van der Waals surface area contributed by atoms with Crippen LogP contribution >= 0.6 is 0 Å². The second kappa shape index (κ2) is 7.22. The SMILES string of the molecule is CCC(=O)N(c1ccccc1)C(C)C(=O)N1CCOCC1. The van der Waals surface area contributed by atoms with Gasteiger partial charge in [0.2, 0.25) is 11.8 Å². The smallest absolute Gasteiger partial charge is 0.245 e. The molecule has 5 heteroatoms. The highest BCUT2D eigenvalue weighted by atomic mass is 16.5. The Morgan fingerprint density at radius 2 is 1.86 bits per heavy atom. The van der Waals surface area contributed by atoms with E-state index in [4.69, 9.17) is 4.74 Å². The van der Waals surface area contributed by atoms with Crippen molar-refractivity contribution < 1.29 is 14.3 Å². The number of rotatable bonds is 4. The van der Waals surface area contributed by atoms with E-state index in [1.165, 1.54) is 0 Å². The highest BCUT2D eigenvalue weighted by Gasteiger charge is 2.30. The molecular weight excluding hydrogens is 268 g/mol. The Kier molecular flexibility index (Phi) is 5.33. The van der Waals surface area contributed by atoms with Crippen molar-refractivity contribution in [3.63, 3.8) is 0 Å². The van der Waals surface area contributed by atoms with Gasteiger partial charge in [0, 0.05) is 25.2 Å². The zero-order valence-corrected chi connectivity index (χ0v) is 12.6. The first kappa shape index (κ1) is 15.5. The summed E-state index contributed by atoms with van der Waals surface area (Å²) in [5.74, 6) is -0.0701. The molecule has 2 amide bonds. The number of benzene rings is 1. The Morgan fingerprint density at radius 1 is 1.24 bits per heavy atom. The summed E-state index contributed by atoms with van der Waals surface area (Å²) in [6, 6.07) is 8.85. The normalized spacial score (nSPS) is 16.4. The first-order valence-corrected chi connectivity index (χ1v) is 7.38. The summed E-state index contributed by atoms with van der Waals surface area (Å²) in [7, 11) is 0. The molecule has 1 aliphatic heterocycles. The van der Waals surface area contributed by atoms with Crippen molar-refractivity contribution in [1.29, 1.82) is 0 Å². The predicted octanol–water partition coefficient (Wildman–Crippen LogP) is 1.68. The molecule has 0 radical (unpaired) electrons. The maximum absolute atomic E-state index is 12.6. The lowest BCUT2D eigenvalue weighted by atomic mass is 10.1. The van der Waals surface area contributed by atoms with Crippen LogP contribution in [0.2, 0.25) is 0 Å². The molecule has 0 aliphatic carbocycles. The minimum absolute atomic E-state index is 0.0241. The van der Waals surface area contributed by atoms with Gasteiger partial charge in [-0.05, 0) is 19.1 Å². The third-order valence-corrected chi connectivity index (χ3v) is 3.67. The van der Waals surface area contributed by atoms with E-state index in [2.05, 4.69) is 0 Å². The number of anilines is 1. The second-order valence-corrected chi connectivity index (χ2v) is 5.07. The van der Waals surface area contributed by atoms with Gasteiger partial charge in [-0.25, -0.2) is 0 Å². The molecule has 2 rings (SSSR count). The van der Waals surface area contributed by atoms with Gasteiger partial charge in [0.05, 0.1) is 13.2 Å². The van der Waals surface area contributed by atoms with E-state index in [9.17, 15) is 9.59 Å². The average Bonchev–Trinajstić information content (AvgIpc) is 2.55. The van der Waals surface area contributed by atoms with Crippen molar-refractivity contribution in [2.45, 2.75) is 26.3 Å². The summed E-state index contributed by atoms with van der Waals surface area (Å²) in [5.41, 5.74) is 0.762. The largest absolute Gasteiger partial charge is 0.378 e. The third-order valence-electron chi connectivity index (χ3n) is 3.67. The van der Waals surface area contributed by atoms with Crippen LogP contribution in [-0.4, -0.2) is 49.1 Å². The zero-order chi connectivity index (χ0) is 15.2. The van der Waals surface area contributed by atoms with Crippen LogP contribution in [0.25, 0.3) is 0 Å². The Bertz CT molecular complexity index is 484. The highest BCUT2D eigenvalue weighted by Crippen LogP contribution is 2.19. The summed E-state index contributed by atoms with van der Waals surface area (Å²) in [4.78, 5) is 28.2. The first-order chi connectivity index (χ1) is 10.1. The van der Waals surface area contributed by atoms with Crippen LogP contribution in [0, 0.1) is 0 Å². The lowest BCUT2D eigenvalue weighted by Crippen LogP contribution is -2.52. The quantitative estimate of drug-likeness (QED) is 0.847. The summed E-state index contributed by atoms with van der Waals surface area (Å²) in [6.07, 6.45) is 0.371. The number of carbonyl (C=O) groups excluding carboxylic acids is 2. The molecule has 0 bridgehead atoms. The van der Waals surface area contributed by atoms with E-state index in [-0.39, 0.29) is 11.8 Å².